The molecule has 0 saturated carbocycles. The predicted molar refractivity (Wildman–Crippen MR) is 22.9 cm³/mol. The summed E-state index contributed by atoms with van der Waals surface area (Å²) in [5.74, 6) is -0.450. The third-order valence-electron chi connectivity index (χ3n) is 0.379. The van der Waals surface area contributed by atoms with E-state index in [1.54, 1.807) is 0 Å². The van der Waals surface area contributed by atoms with Gasteiger partial charge in [-0.05, 0) is 0 Å². The number of hydrogen-bond acceptors (Lipinski definition) is 5. The van der Waals surface area contributed by atoms with Crippen LogP contribution >= 0.6 is 0 Å². The van der Waals surface area contributed by atoms with Gasteiger partial charge in [-0.1, -0.05) is 0 Å². The Morgan fingerprint density at radius 3 is 2.88 bits per heavy atom. The fraction of sp³-hybridized carbons (Fsp3) is 0.667. The number of nitrogens with zero attached hydrogens (tertiary/aromatic N) is 1. The van der Waals surface area contributed by atoms with E-state index in [0.717, 1.165) is 0 Å². The molecule has 1 N–H and O–H groups in total. The number of esters is 1. The summed E-state index contributed by atoms with van der Waals surface area (Å²) < 4.78 is 4.21. The van der Waals surface area contributed by atoms with Crippen molar-refractivity contribution in [2.45, 2.75) is 6.92 Å². The Balaban J connectivity index is 2.93. The van der Waals surface area contributed by atoms with Crippen LogP contribution in [0.4, 0.5) is 0 Å². The third-order valence-corrected chi connectivity index (χ3v) is 0.379. The zero-order valence-corrected chi connectivity index (χ0v) is 4.38. The lowest BCUT2D eigenvalue weighted by molar-refractivity contribution is -0.154. The number of ether oxygens (including phenoxy) is 1. The largest absolute Gasteiger partial charge is 0.426 e. The van der Waals surface area contributed by atoms with Gasteiger partial charge in [0.2, 0.25) is 0 Å². The molecule has 0 unspecified atom stereocenters. The quantitative estimate of drug-likeness (QED) is 0.192. The van der Waals surface area contributed by atoms with Crippen molar-refractivity contribution in [3.05, 3.63) is 0 Å². The third kappa shape index (κ3) is 4.87. The van der Waals surface area contributed by atoms with Crippen LogP contribution < -0.4 is 0 Å². The van der Waals surface area contributed by atoms with Gasteiger partial charge in [0, 0.05) is 12.2 Å². The standard InChI is InChI=1S/C3H6N2O3/c1-3(6)7-2-8-5-4/h4H,2H2,1H3. The lowest BCUT2D eigenvalue weighted by Gasteiger charge is -1.94. The molecule has 0 fully saturated rings. The summed E-state index contributed by atoms with van der Waals surface area (Å²) in [5.41, 5.74) is 6.06. The second kappa shape index (κ2) is 4.04. The number of nitrogens with one attached hydrogen (secondary N) is 1. The molecule has 8 heavy (non-hydrogen) atoms. The molecule has 0 spiro atoms. The molecule has 0 radical (unpaired) electrons. The Bertz CT molecular complexity index is 92.5. The molecule has 0 aliphatic rings. The van der Waals surface area contributed by atoms with Gasteiger partial charge in [0.05, 0.1) is 0 Å². The highest BCUT2D eigenvalue weighted by atomic mass is 16.8. The van der Waals surface area contributed by atoms with Gasteiger partial charge in [-0.3, -0.25) is 4.79 Å². The maximum atomic E-state index is 9.91. The highest BCUT2D eigenvalue weighted by Gasteiger charge is 1.87. The van der Waals surface area contributed by atoms with E-state index in [1.807, 2.05) is 0 Å². The molecule has 0 aromatic rings. The average molecular weight is 118 g/mol. The van der Waals surface area contributed by atoms with Crippen LogP contribution in [0.25, 0.3) is 0 Å². The van der Waals surface area contributed by atoms with Crippen LogP contribution in [0.5, 0.6) is 0 Å². The molecule has 0 aliphatic carbocycles. The van der Waals surface area contributed by atoms with Crippen LogP contribution in [0, 0.1) is 5.53 Å². The van der Waals surface area contributed by atoms with Crippen LogP contribution in [0.1, 0.15) is 6.92 Å². The van der Waals surface area contributed by atoms with E-state index in [1.165, 1.54) is 6.92 Å². The van der Waals surface area contributed by atoms with Crippen molar-refractivity contribution in [3.63, 3.8) is 0 Å². The topological polar surface area (TPSA) is 71.7 Å². The molecule has 0 atom stereocenters. The minimum Gasteiger partial charge on any atom is -0.426 e. The summed E-state index contributed by atoms with van der Waals surface area (Å²) >= 11 is 0. The van der Waals surface area contributed by atoms with Crippen molar-refractivity contribution in [2.75, 3.05) is 6.79 Å². The summed E-state index contributed by atoms with van der Waals surface area (Å²) in [6, 6.07) is 0. The van der Waals surface area contributed by atoms with Crippen molar-refractivity contribution in [1.29, 1.82) is 5.53 Å². The monoisotopic (exact) mass is 118 g/mol. The van der Waals surface area contributed by atoms with Gasteiger partial charge >= 0.3 is 5.97 Å². The van der Waals surface area contributed by atoms with Gasteiger partial charge < -0.3 is 9.57 Å². The van der Waals surface area contributed by atoms with Crippen molar-refractivity contribution in [1.82, 2.24) is 0 Å². The van der Waals surface area contributed by atoms with Gasteiger partial charge in [-0.15, -0.1) is 0 Å². The molecule has 0 aromatic heterocycles. The van der Waals surface area contributed by atoms with E-state index in [4.69, 9.17) is 5.53 Å². The summed E-state index contributed by atoms with van der Waals surface area (Å²) in [7, 11) is 0. The number of carbonyl (C=O) groups is 1. The van der Waals surface area contributed by atoms with E-state index in [9.17, 15) is 4.79 Å². The minimum atomic E-state index is -0.450. The lowest BCUT2D eigenvalue weighted by atomic mass is 10.8. The van der Waals surface area contributed by atoms with Crippen LogP contribution in [-0.4, -0.2) is 12.8 Å². The smallest absolute Gasteiger partial charge is 0.305 e. The molecule has 5 heteroatoms. The Hall–Kier alpha value is -1.13. The van der Waals surface area contributed by atoms with Crippen molar-refractivity contribution >= 4 is 5.97 Å². The van der Waals surface area contributed by atoms with Gasteiger partial charge in [0.15, 0.2) is 0 Å². The highest BCUT2D eigenvalue weighted by Crippen LogP contribution is 1.77. The Kier molecular flexibility index (Phi) is 3.47. The van der Waals surface area contributed by atoms with E-state index >= 15 is 0 Å². The van der Waals surface area contributed by atoms with Gasteiger partial charge in [-0.2, -0.15) is 5.53 Å². The maximum Gasteiger partial charge on any atom is 0.305 e. The Morgan fingerprint density at radius 2 is 2.50 bits per heavy atom. The number of hydrogen-bond donors (Lipinski definition) is 1. The zero-order chi connectivity index (χ0) is 6.41. The lowest BCUT2D eigenvalue weighted by Crippen LogP contribution is -2.00. The minimum absolute atomic E-state index is 0.279. The number of carbonyl (C=O) groups excluding carboxylic acids is 1. The molecule has 0 aliphatic heterocycles. The molecule has 0 bridgehead atoms. The summed E-state index contributed by atoms with van der Waals surface area (Å²) in [6.45, 7) is 0.964. The van der Waals surface area contributed by atoms with E-state index in [0.29, 0.717) is 0 Å². The predicted octanol–water partition coefficient (Wildman–Crippen LogP) is 0.470. The van der Waals surface area contributed by atoms with Crippen molar-refractivity contribution in [2.24, 2.45) is 5.28 Å². The first kappa shape index (κ1) is 6.87. The molecule has 0 aromatic carbocycles. The molecule has 5 nitrogen and oxygen atoms in total. The second-order valence-electron chi connectivity index (χ2n) is 0.974. The summed E-state index contributed by atoms with van der Waals surface area (Å²) in [4.78, 5) is 13.9. The Labute approximate surface area is 46.0 Å². The SMILES string of the molecule is CC(=O)OCON=N. The average Bonchev–Trinajstić information content (AvgIpc) is 1.66. The van der Waals surface area contributed by atoms with Gasteiger partial charge in [0.1, 0.15) is 0 Å². The van der Waals surface area contributed by atoms with Gasteiger partial charge in [0.25, 0.3) is 6.79 Å². The molecule has 0 heterocycles. The molecule has 46 valence electrons. The van der Waals surface area contributed by atoms with Crippen molar-refractivity contribution < 1.29 is 14.4 Å². The molecule has 0 saturated heterocycles. The molecular formula is C3H6N2O3. The van der Waals surface area contributed by atoms with E-state index < -0.39 is 5.97 Å². The Morgan fingerprint density at radius 1 is 1.88 bits per heavy atom. The van der Waals surface area contributed by atoms with Crippen LogP contribution in [-0.2, 0) is 14.4 Å². The van der Waals surface area contributed by atoms with Crippen LogP contribution in [0.2, 0.25) is 0 Å². The van der Waals surface area contributed by atoms with Crippen molar-refractivity contribution in [3.8, 4) is 0 Å². The second-order valence-corrected chi connectivity index (χ2v) is 0.974. The van der Waals surface area contributed by atoms with Crippen LogP contribution in [0.3, 0.4) is 0 Å². The molecule has 0 amide bonds. The first-order valence-corrected chi connectivity index (χ1v) is 1.89. The zero-order valence-electron chi connectivity index (χ0n) is 4.38. The molecule has 0 rings (SSSR count). The van der Waals surface area contributed by atoms with E-state index in [2.05, 4.69) is 14.9 Å². The number of rotatable bonds is 3. The van der Waals surface area contributed by atoms with Gasteiger partial charge in [-0.25, -0.2) is 0 Å². The fourth-order valence-electron chi connectivity index (χ4n) is 0.136. The van der Waals surface area contributed by atoms with E-state index in [-0.39, 0.29) is 6.79 Å². The molecular weight excluding hydrogens is 112 g/mol. The maximum absolute atomic E-state index is 9.91. The summed E-state index contributed by atoms with van der Waals surface area (Å²) in [5, 5.41) is 2.48. The normalized spacial score (nSPS) is 7.62. The summed E-state index contributed by atoms with van der Waals surface area (Å²) in [6.07, 6.45) is 0. The van der Waals surface area contributed by atoms with Crippen LogP contribution in [0.15, 0.2) is 5.28 Å². The fourth-order valence-corrected chi connectivity index (χ4v) is 0.136. The first-order valence-electron chi connectivity index (χ1n) is 1.89. The highest BCUT2D eigenvalue weighted by molar-refractivity contribution is 5.65. The first-order chi connectivity index (χ1) is 3.77.